The van der Waals surface area contributed by atoms with Crippen molar-refractivity contribution >= 4 is 13.8 Å². The standard InChI is InChI=1S/C9H12NO6P/c10-8(9(11)12)6-15-17(13,14)16-7-4-2-1-3-5-7/h1-5,8H,6,10H2,(H,11,12)(H,13,14)/t8-/m0/s1. The van der Waals surface area contributed by atoms with Gasteiger partial charge in [0.1, 0.15) is 11.8 Å². The summed E-state index contributed by atoms with van der Waals surface area (Å²) in [6, 6.07) is 6.47. The minimum atomic E-state index is -4.35. The predicted octanol–water partition coefficient (Wildman–Crippen LogP) is 0.594. The highest BCUT2D eigenvalue weighted by Gasteiger charge is 2.25. The van der Waals surface area contributed by atoms with Gasteiger partial charge in [0.25, 0.3) is 0 Å². The molecule has 0 saturated heterocycles. The summed E-state index contributed by atoms with van der Waals surface area (Å²) in [4.78, 5) is 19.6. The number of hydrogen-bond donors (Lipinski definition) is 3. The third-order valence-electron chi connectivity index (χ3n) is 1.70. The molecule has 0 heterocycles. The van der Waals surface area contributed by atoms with Crippen LogP contribution in [-0.4, -0.2) is 28.6 Å². The zero-order valence-electron chi connectivity index (χ0n) is 8.72. The quantitative estimate of drug-likeness (QED) is 0.641. The Kier molecular flexibility index (Phi) is 4.65. The molecule has 0 aromatic heterocycles. The number of nitrogens with two attached hydrogens (primary N) is 1. The van der Waals surface area contributed by atoms with Crippen LogP contribution >= 0.6 is 7.82 Å². The minimum absolute atomic E-state index is 0.141. The van der Waals surface area contributed by atoms with E-state index in [0.717, 1.165) is 0 Å². The smallest absolute Gasteiger partial charge is 0.480 e. The van der Waals surface area contributed by atoms with Crippen LogP contribution in [0.25, 0.3) is 0 Å². The van der Waals surface area contributed by atoms with E-state index in [1.807, 2.05) is 0 Å². The number of phosphoric ester groups is 1. The molecule has 1 unspecified atom stereocenters. The van der Waals surface area contributed by atoms with Crippen molar-refractivity contribution in [1.29, 1.82) is 0 Å². The number of aliphatic carboxylic acids is 1. The van der Waals surface area contributed by atoms with Crippen LogP contribution in [-0.2, 0) is 13.9 Å². The van der Waals surface area contributed by atoms with E-state index in [0.29, 0.717) is 0 Å². The molecule has 7 nitrogen and oxygen atoms in total. The maximum atomic E-state index is 11.4. The molecule has 4 N–H and O–H groups in total. The Morgan fingerprint density at radius 2 is 2.00 bits per heavy atom. The van der Waals surface area contributed by atoms with E-state index in [4.69, 9.17) is 10.8 Å². The van der Waals surface area contributed by atoms with Gasteiger partial charge in [0.05, 0.1) is 6.61 Å². The molecule has 8 heteroatoms. The summed E-state index contributed by atoms with van der Waals surface area (Å²) in [7, 11) is -4.35. The molecule has 2 atom stereocenters. The first-order chi connectivity index (χ1) is 7.91. The molecule has 0 saturated carbocycles. The van der Waals surface area contributed by atoms with Crippen LogP contribution in [0, 0.1) is 0 Å². The lowest BCUT2D eigenvalue weighted by Crippen LogP contribution is -2.34. The average Bonchev–Trinajstić information content (AvgIpc) is 2.26. The molecule has 94 valence electrons. The van der Waals surface area contributed by atoms with Gasteiger partial charge in [-0.2, -0.15) is 0 Å². The number of carboxylic acid groups (broad SMARTS) is 1. The molecule has 0 radical (unpaired) electrons. The first-order valence-electron chi connectivity index (χ1n) is 4.61. The summed E-state index contributed by atoms with van der Waals surface area (Å²) in [5.74, 6) is -1.19. The second kappa shape index (κ2) is 5.79. The van der Waals surface area contributed by atoms with E-state index in [2.05, 4.69) is 9.05 Å². The van der Waals surface area contributed by atoms with Gasteiger partial charge < -0.3 is 15.4 Å². The predicted molar refractivity (Wildman–Crippen MR) is 58.5 cm³/mol. The Labute approximate surface area is 97.4 Å². The van der Waals surface area contributed by atoms with Crippen LogP contribution in [0.15, 0.2) is 30.3 Å². The lowest BCUT2D eigenvalue weighted by atomic mass is 10.3. The van der Waals surface area contributed by atoms with Gasteiger partial charge >= 0.3 is 13.8 Å². The largest absolute Gasteiger partial charge is 0.527 e. The highest BCUT2D eigenvalue weighted by Crippen LogP contribution is 2.43. The van der Waals surface area contributed by atoms with E-state index in [9.17, 15) is 14.3 Å². The van der Waals surface area contributed by atoms with Crippen molar-refractivity contribution < 1.29 is 28.4 Å². The van der Waals surface area contributed by atoms with Gasteiger partial charge in [-0.05, 0) is 12.1 Å². The van der Waals surface area contributed by atoms with Crippen LogP contribution in [0.2, 0.25) is 0 Å². The molecule has 0 spiro atoms. The molecule has 17 heavy (non-hydrogen) atoms. The van der Waals surface area contributed by atoms with Gasteiger partial charge in [-0.15, -0.1) is 0 Å². The van der Waals surface area contributed by atoms with Crippen LogP contribution in [0.4, 0.5) is 0 Å². The number of rotatable bonds is 6. The fourth-order valence-corrected chi connectivity index (χ4v) is 1.68. The second-order valence-corrected chi connectivity index (χ2v) is 4.49. The molecule has 1 rings (SSSR count). The fourth-order valence-electron chi connectivity index (χ4n) is 0.887. The lowest BCUT2D eigenvalue weighted by Gasteiger charge is -2.14. The summed E-state index contributed by atoms with van der Waals surface area (Å²) in [6.07, 6.45) is 0. The van der Waals surface area contributed by atoms with Crippen LogP contribution in [0.3, 0.4) is 0 Å². The summed E-state index contributed by atoms with van der Waals surface area (Å²) in [5.41, 5.74) is 5.10. The van der Waals surface area contributed by atoms with E-state index >= 15 is 0 Å². The Hall–Kier alpha value is -1.40. The molecule has 0 aliphatic heterocycles. The van der Waals surface area contributed by atoms with Gasteiger partial charge in [0.2, 0.25) is 0 Å². The van der Waals surface area contributed by atoms with E-state index < -0.39 is 26.4 Å². The van der Waals surface area contributed by atoms with Crippen molar-refractivity contribution in [3.05, 3.63) is 30.3 Å². The number of carbonyl (C=O) groups is 1. The summed E-state index contributed by atoms with van der Waals surface area (Å²) < 4.78 is 20.5. The highest BCUT2D eigenvalue weighted by atomic mass is 31.2. The molecule has 1 aromatic rings. The number of hydrogen-bond acceptors (Lipinski definition) is 5. The Morgan fingerprint density at radius 1 is 1.41 bits per heavy atom. The van der Waals surface area contributed by atoms with Crippen molar-refractivity contribution in [1.82, 2.24) is 0 Å². The molecule has 0 fully saturated rings. The van der Waals surface area contributed by atoms with Crippen molar-refractivity contribution in [2.45, 2.75) is 6.04 Å². The Bertz CT molecular complexity index is 423. The zero-order chi connectivity index (χ0) is 12.9. The summed E-state index contributed by atoms with van der Waals surface area (Å²) in [5, 5.41) is 8.45. The number of carboxylic acids is 1. The number of benzene rings is 1. The van der Waals surface area contributed by atoms with E-state index in [1.54, 1.807) is 18.2 Å². The van der Waals surface area contributed by atoms with Crippen LogP contribution in [0.1, 0.15) is 0 Å². The number of phosphoric acid groups is 1. The summed E-state index contributed by atoms with van der Waals surface area (Å²) >= 11 is 0. The SMILES string of the molecule is N[C@@H](COP(=O)(O)Oc1ccccc1)C(=O)O. The van der Waals surface area contributed by atoms with Crippen LogP contribution in [0.5, 0.6) is 5.75 Å². The highest BCUT2D eigenvalue weighted by molar-refractivity contribution is 7.47. The third-order valence-corrected chi connectivity index (χ3v) is 2.62. The van der Waals surface area contributed by atoms with E-state index in [1.165, 1.54) is 12.1 Å². The molecular weight excluding hydrogens is 249 g/mol. The zero-order valence-corrected chi connectivity index (χ0v) is 9.62. The minimum Gasteiger partial charge on any atom is -0.480 e. The molecular formula is C9H12NO6P. The van der Waals surface area contributed by atoms with Gasteiger partial charge in [0.15, 0.2) is 0 Å². The molecule has 0 aliphatic carbocycles. The maximum absolute atomic E-state index is 11.4. The molecule has 0 bridgehead atoms. The van der Waals surface area contributed by atoms with Crippen molar-refractivity contribution in [3.63, 3.8) is 0 Å². The number of para-hydroxylation sites is 1. The lowest BCUT2D eigenvalue weighted by molar-refractivity contribution is -0.139. The maximum Gasteiger partial charge on any atom is 0.527 e. The molecule has 1 aromatic carbocycles. The summed E-state index contributed by atoms with van der Waals surface area (Å²) in [6.45, 7) is -0.615. The van der Waals surface area contributed by atoms with Crippen molar-refractivity contribution in [3.8, 4) is 5.75 Å². The van der Waals surface area contributed by atoms with Gasteiger partial charge in [-0.25, -0.2) is 4.57 Å². The average molecular weight is 261 g/mol. The van der Waals surface area contributed by atoms with Crippen molar-refractivity contribution in [2.24, 2.45) is 5.73 Å². The van der Waals surface area contributed by atoms with E-state index in [-0.39, 0.29) is 5.75 Å². The Balaban J connectivity index is 2.52. The molecule has 0 amide bonds. The first kappa shape index (κ1) is 13.7. The topological polar surface area (TPSA) is 119 Å². The second-order valence-electron chi connectivity index (χ2n) is 3.11. The van der Waals surface area contributed by atoms with Crippen LogP contribution < -0.4 is 10.3 Å². The van der Waals surface area contributed by atoms with Gasteiger partial charge in [0, 0.05) is 0 Å². The monoisotopic (exact) mass is 261 g/mol. The third kappa shape index (κ3) is 4.97. The normalized spacial score (nSPS) is 15.9. The van der Waals surface area contributed by atoms with Crippen molar-refractivity contribution in [2.75, 3.05) is 6.61 Å². The van der Waals surface area contributed by atoms with Gasteiger partial charge in [-0.3, -0.25) is 14.2 Å². The van der Waals surface area contributed by atoms with Gasteiger partial charge in [-0.1, -0.05) is 18.2 Å². The first-order valence-corrected chi connectivity index (χ1v) is 6.10. The Morgan fingerprint density at radius 3 is 2.53 bits per heavy atom. The fraction of sp³-hybridized carbons (Fsp3) is 0.222. The molecule has 0 aliphatic rings.